The van der Waals surface area contributed by atoms with Crippen molar-refractivity contribution in [2.45, 2.75) is 19.4 Å². The summed E-state index contributed by atoms with van der Waals surface area (Å²) in [7, 11) is 1.65. The van der Waals surface area contributed by atoms with Gasteiger partial charge >= 0.3 is 0 Å². The van der Waals surface area contributed by atoms with Crippen LogP contribution in [-0.4, -0.2) is 49.0 Å². The average Bonchev–Trinajstić information content (AvgIpc) is 2.37. The second-order valence-corrected chi connectivity index (χ2v) is 5.49. The third kappa shape index (κ3) is 3.39. The van der Waals surface area contributed by atoms with Crippen LogP contribution in [0.15, 0.2) is 24.3 Å². The maximum atomic E-state index is 10.1. The lowest BCUT2D eigenvalue weighted by Gasteiger charge is -2.49. The molecule has 0 aliphatic carbocycles. The zero-order valence-electron chi connectivity index (χ0n) is 11.9. The SMILES string of the molecule is COc1ccc(OCCN2CC(O)(C(C)C)C2)cc1. The molecule has 1 fully saturated rings. The predicted octanol–water partition coefficient (Wildman–Crippen LogP) is 1.78. The summed E-state index contributed by atoms with van der Waals surface area (Å²) < 4.78 is 10.8. The van der Waals surface area contributed by atoms with Gasteiger partial charge in [-0.05, 0) is 30.2 Å². The Kier molecular flexibility index (Phi) is 4.32. The molecule has 0 aromatic heterocycles. The number of ether oxygens (including phenoxy) is 2. The van der Waals surface area contributed by atoms with Gasteiger partial charge in [0.1, 0.15) is 18.1 Å². The van der Waals surface area contributed by atoms with E-state index >= 15 is 0 Å². The van der Waals surface area contributed by atoms with E-state index in [1.54, 1.807) is 7.11 Å². The van der Waals surface area contributed by atoms with Crippen molar-refractivity contribution in [1.82, 2.24) is 4.90 Å². The van der Waals surface area contributed by atoms with E-state index in [-0.39, 0.29) is 0 Å². The molecule has 1 aromatic rings. The van der Waals surface area contributed by atoms with Crippen LogP contribution >= 0.6 is 0 Å². The molecule has 1 aliphatic rings. The third-order valence-electron chi connectivity index (χ3n) is 3.81. The molecule has 0 bridgehead atoms. The van der Waals surface area contributed by atoms with Gasteiger partial charge in [0, 0.05) is 19.6 Å². The van der Waals surface area contributed by atoms with Crippen molar-refractivity contribution in [3.8, 4) is 11.5 Å². The number of likely N-dealkylation sites (tertiary alicyclic amines) is 1. The Balaban J connectivity index is 1.68. The monoisotopic (exact) mass is 265 g/mol. The van der Waals surface area contributed by atoms with Gasteiger partial charge < -0.3 is 14.6 Å². The van der Waals surface area contributed by atoms with Crippen LogP contribution in [0.4, 0.5) is 0 Å². The number of aliphatic hydroxyl groups is 1. The number of benzene rings is 1. The van der Waals surface area contributed by atoms with E-state index in [4.69, 9.17) is 9.47 Å². The number of hydrogen-bond donors (Lipinski definition) is 1. The van der Waals surface area contributed by atoms with Crippen LogP contribution in [0, 0.1) is 5.92 Å². The van der Waals surface area contributed by atoms with Gasteiger partial charge in [-0.1, -0.05) is 13.8 Å². The molecular weight excluding hydrogens is 242 g/mol. The van der Waals surface area contributed by atoms with Crippen LogP contribution in [0.3, 0.4) is 0 Å². The van der Waals surface area contributed by atoms with E-state index in [9.17, 15) is 5.11 Å². The zero-order chi connectivity index (χ0) is 13.9. The van der Waals surface area contributed by atoms with E-state index in [0.29, 0.717) is 12.5 Å². The fourth-order valence-corrected chi connectivity index (χ4v) is 2.22. The molecule has 106 valence electrons. The van der Waals surface area contributed by atoms with E-state index in [1.807, 2.05) is 24.3 Å². The van der Waals surface area contributed by atoms with E-state index in [0.717, 1.165) is 31.1 Å². The maximum absolute atomic E-state index is 10.1. The third-order valence-corrected chi connectivity index (χ3v) is 3.81. The van der Waals surface area contributed by atoms with E-state index in [1.165, 1.54) is 0 Å². The van der Waals surface area contributed by atoms with Crippen LogP contribution < -0.4 is 9.47 Å². The minimum Gasteiger partial charge on any atom is -0.497 e. The molecule has 4 nitrogen and oxygen atoms in total. The van der Waals surface area contributed by atoms with Crippen molar-refractivity contribution in [2.75, 3.05) is 33.4 Å². The van der Waals surface area contributed by atoms with Crippen molar-refractivity contribution >= 4 is 0 Å². The quantitative estimate of drug-likeness (QED) is 0.851. The Labute approximate surface area is 114 Å². The van der Waals surface area contributed by atoms with Crippen LogP contribution in [0.5, 0.6) is 11.5 Å². The van der Waals surface area contributed by atoms with Gasteiger partial charge in [0.05, 0.1) is 12.7 Å². The first kappa shape index (κ1) is 14.2. The molecule has 1 aliphatic heterocycles. The van der Waals surface area contributed by atoms with Crippen molar-refractivity contribution in [2.24, 2.45) is 5.92 Å². The minimum atomic E-state index is -0.500. The summed E-state index contributed by atoms with van der Waals surface area (Å²) in [6.07, 6.45) is 0. The normalized spacial score (nSPS) is 18.2. The molecule has 0 atom stereocenters. The number of β-amino-alcohol motifs (C(OH)–C–C–N with tert-alkyl or cyclic N) is 1. The van der Waals surface area contributed by atoms with Crippen LogP contribution in [0.25, 0.3) is 0 Å². The molecule has 0 spiro atoms. The number of nitrogens with zero attached hydrogens (tertiary/aromatic N) is 1. The first-order chi connectivity index (χ1) is 9.03. The van der Waals surface area contributed by atoms with Gasteiger partial charge in [0.15, 0.2) is 0 Å². The molecule has 0 saturated carbocycles. The topological polar surface area (TPSA) is 41.9 Å². The summed E-state index contributed by atoms with van der Waals surface area (Å²) in [4.78, 5) is 2.21. The fourth-order valence-electron chi connectivity index (χ4n) is 2.22. The molecule has 19 heavy (non-hydrogen) atoms. The molecule has 2 rings (SSSR count). The van der Waals surface area contributed by atoms with Gasteiger partial charge in [0.2, 0.25) is 0 Å². The van der Waals surface area contributed by atoms with Gasteiger partial charge in [-0.15, -0.1) is 0 Å². The molecule has 1 N–H and O–H groups in total. The van der Waals surface area contributed by atoms with Gasteiger partial charge in [0.25, 0.3) is 0 Å². The molecule has 1 saturated heterocycles. The van der Waals surface area contributed by atoms with Crippen molar-refractivity contribution in [1.29, 1.82) is 0 Å². The van der Waals surface area contributed by atoms with E-state index < -0.39 is 5.60 Å². The van der Waals surface area contributed by atoms with E-state index in [2.05, 4.69) is 18.7 Å². The standard InChI is InChI=1S/C15H23NO3/c1-12(2)15(17)10-16(11-15)8-9-19-14-6-4-13(18-3)5-7-14/h4-7,12,17H,8-11H2,1-3H3. The second kappa shape index (κ2) is 5.80. The highest BCUT2D eigenvalue weighted by Gasteiger charge is 2.43. The molecule has 0 amide bonds. The summed E-state index contributed by atoms with van der Waals surface area (Å²) >= 11 is 0. The van der Waals surface area contributed by atoms with Crippen molar-refractivity contribution in [3.63, 3.8) is 0 Å². The Morgan fingerprint density at radius 3 is 2.32 bits per heavy atom. The number of hydrogen-bond acceptors (Lipinski definition) is 4. The first-order valence-electron chi connectivity index (χ1n) is 6.75. The largest absolute Gasteiger partial charge is 0.497 e. The second-order valence-electron chi connectivity index (χ2n) is 5.49. The summed E-state index contributed by atoms with van der Waals surface area (Å²) in [5.41, 5.74) is -0.500. The highest BCUT2D eigenvalue weighted by Crippen LogP contribution is 2.28. The Bertz CT molecular complexity index is 396. The van der Waals surface area contributed by atoms with Crippen LogP contribution in [-0.2, 0) is 0 Å². The fraction of sp³-hybridized carbons (Fsp3) is 0.600. The molecule has 0 unspecified atom stereocenters. The molecule has 4 heteroatoms. The smallest absolute Gasteiger partial charge is 0.119 e. The summed E-state index contributed by atoms with van der Waals surface area (Å²) in [6.45, 7) is 7.10. The summed E-state index contributed by atoms with van der Waals surface area (Å²) in [5.74, 6) is 1.99. The molecule has 0 radical (unpaired) electrons. The minimum absolute atomic E-state index is 0.311. The van der Waals surface area contributed by atoms with Crippen LogP contribution in [0.1, 0.15) is 13.8 Å². The molecular formula is C15H23NO3. The van der Waals surface area contributed by atoms with Gasteiger partial charge in [-0.25, -0.2) is 0 Å². The lowest BCUT2D eigenvalue weighted by atomic mass is 9.83. The molecule has 1 heterocycles. The van der Waals surface area contributed by atoms with Crippen molar-refractivity contribution in [3.05, 3.63) is 24.3 Å². The highest BCUT2D eigenvalue weighted by molar-refractivity contribution is 5.31. The summed E-state index contributed by atoms with van der Waals surface area (Å²) in [6, 6.07) is 7.58. The highest BCUT2D eigenvalue weighted by atomic mass is 16.5. The lowest BCUT2D eigenvalue weighted by Crippen LogP contribution is -2.64. The first-order valence-corrected chi connectivity index (χ1v) is 6.75. The average molecular weight is 265 g/mol. The Hall–Kier alpha value is -1.26. The summed E-state index contributed by atoms with van der Waals surface area (Å²) in [5, 5.41) is 10.1. The van der Waals surface area contributed by atoms with Gasteiger partial charge in [-0.3, -0.25) is 4.90 Å². The zero-order valence-corrected chi connectivity index (χ0v) is 11.9. The maximum Gasteiger partial charge on any atom is 0.119 e. The molecule has 1 aromatic carbocycles. The number of methoxy groups -OCH3 is 1. The lowest BCUT2D eigenvalue weighted by molar-refractivity contribution is -0.129. The Morgan fingerprint density at radius 1 is 1.21 bits per heavy atom. The van der Waals surface area contributed by atoms with Crippen molar-refractivity contribution < 1.29 is 14.6 Å². The number of rotatable bonds is 6. The Morgan fingerprint density at radius 2 is 1.79 bits per heavy atom. The predicted molar refractivity (Wildman–Crippen MR) is 74.7 cm³/mol. The van der Waals surface area contributed by atoms with Gasteiger partial charge in [-0.2, -0.15) is 0 Å². The van der Waals surface area contributed by atoms with Crippen LogP contribution in [0.2, 0.25) is 0 Å².